The minimum absolute atomic E-state index is 0.122. The SMILES string of the molecule is CC(=N)/C=C(/NC1CCn2nnc(C)c2-c2ccc(C3=CCNCC3)cc21)N(C)C. The Labute approximate surface area is 178 Å². The van der Waals surface area contributed by atoms with Crippen molar-refractivity contribution in [2.24, 2.45) is 0 Å². The number of aryl methyl sites for hydroxylation is 2. The first kappa shape index (κ1) is 20.3. The van der Waals surface area contributed by atoms with Crippen LogP contribution >= 0.6 is 0 Å². The van der Waals surface area contributed by atoms with Crippen molar-refractivity contribution in [1.29, 1.82) is 5.41 Å². The van der Waals surface area contributed by atoms with Crippen LogP contribution in [0.4, 0.5) is 0 Å². The fourth-order valence-electron chi connectivity index (χ4n) is 4.28. The largest absolute Gasteiger partial charge is 0.365 e. The van der Waals surface area contributed by atoms with Gasteiger partial charge in [-0.3, -0.25) is 0 Å². The van der Waals surface area contributed by atoms with Crippen LogP contribution in [0, 0.1) is 12.3 Å². The molecule has 0 bridgehead atoms. The predicted molar refractivity (Wildman–Crippen MR) is 121 cm³/mol. The molecule has 0 aliphatic carbocycles. The normalized spacial score (nSPS) is 18.7. The predicted octanol–water partition coefficient (Wildman–Crippen LogP) is 3.11. The van der Waals surface area contributed by atoms with E-state index in [-0.39, 0.29) is 6.04 Å². The summed E-state index contributed by atoms with van der Waals surface area (Å²) in [6.07, 6.45) is 6.13. The van der Waals surface area contributed by atoms with E-state index in [1.165, 1.54) is 22.3 Å². The number of nitrogens with zero attached hydrogens (tertiary/aromatic N) is 4. The van der Waals surface area contributed by atoms with Crippen molar-refractivity contribution in [1.82, 2.24) is 30.5 Å². The molecule has 1 unspecified atom stereocenters. The van der Waals surface area contributed by atoms with Gasteiger partial charge >= 0.3 is 0 Å². The highest BCUT2D eigenvalue weighted by atomic mass is 15.4. The van der Waals surface area contributed by atoms with E-state index in [0.29, 0.717) is 5.71 Å². The van der Waals surface area contributed by atoms with Crippen LogP contribution in [-0.4, -0.2) is 52.8 Å². The smallest absolute Gasteiger partial charge is 0.103 e. The summed E-state index contributed by atoms with van der Waals surface area (Å²) in [4.78, 5) is 2.03. The second-order valence-electron chi connectivity index (χ2n) is 8.32. The second-order valence-corrected chi connectivity index (χ2v) is 8.32. The summed E-state index contributed by atoms with van der Waals surface area (Å²) in [5, 5.41) is 23.7. The van der Waals surface area contributed by atoms with Gasteiger partial charge in [-0.15, -0.1) is 5.10 Å². The van der Waals surface area contributed by atoms with Crippen LogP contribution < -0.4 is 10.6 Å². The maximum absolute atomic E-state index is 7.92. The lowest BCUT2D eigenvalue weighted by molar-refractivity contribution is 0.402. The number of fused-ring (bicyclic) bond motifs is 3. The molecule has 0 radical (unpaired) electrons. The van der Waals surface area contributed by atoms with Gasteiger partial charge in [-0.25, -0.2) is 4.68 Å². The Morgan fingerprint density at radius 1 is 1.37 bits per heavy atom. The average Bonchev–Trinajstić information content (AvgIpc) is 3.02. The standard InChI is InChI=1S/C23H31N7/c1-15(24)13-22(29(3)4)26-21-9-12-30-23(16(2)27-28-30)19-6-5-18(14-20(19)21)17-7-10-25-11-8-17/h5-7,13-14,21,24-26H,8-12H2,1-4H3/b22-13-,24-15?. The zero-order chi connectivity index (χ0) is 21.3. The molecule has 0 amide bonds. The molecule has 0 fully saturated rings. The molecule has 3 N–H and O–H groups in total. The maximum atomic E-state index is 7.92. The van der Waals surface area contributed by atoms with Gasteiger partial charge in [-0.1, -0.05) is 23.4 Å². The van der Waals surface area contributed by atoms with Crippen LogP contribution in [0.15, 0.2) is 36.2 Å². The number of rotatable bonds is 5. The van der Waals surface area contributed by atoms with E-state index in [0.717, 1.165) is 49.7 Å². The molecule has 1 atom stereocenters. The summed E-state index contributed by atoms with van der Waals surface area (Å²) in [6.45, 7) is 6.58. The molecule has 7 nitrogen and oxygen atoms in total. The minimum atomic E-state index is 0.122. The molecular weight excluding hydrogens is 374 g/mol. The van der Waals surface area contributed by atoms with Crippen LogP contribution in [0.1, 0.15) is 42.6 Å². The molecule has 4 rings (SSSR count). The number of hydrogen-bond acceptors (Lipinski definition) is 6. The fraction of sp³-hybridized carbons (Fsp3) is 0.435. The summed E-state index contributed by atoms with van der Waals surface area (Å²) < 4.78 is 2.03. The maximum Gasteiger partial charge on any atom is 0.103 e. The van der Waals surface area contributed by atoms with E-state index in [9.17, 15) is 0 Å². The minimum Gasteiger partial charge on any atom is -0.365 e. The average molecular weight is 406 g/mol. The molecule has 158 valence electrons. The highest BCUT2D eigenvalue weighted by Gasteiger charge is 2.26. The van der Waals surface area contributed by atoms with Gasteiger partial charge in [0.2, 0.25) is 0 Å². The number of benzene rings is 1. The molecule has 0 saturated heterocycles. The number of hydrogen-bond donors (Lipinski definition) is 3. The summed E-state index contributed by atoms with van der Waals surface area (Å²) >= 11 is 0. The third kappa shape index (κ3) is 4.03. The van der Waals surface area contributed by atoms with Crippen molar-refractivity contribution in [3.8, 4) is 11.3 Å². The van der Waals surface area contributed by atoms with E-state index in [1.807, 2.05) is 36.7 Å². The van der Waals surface area contributed by atoms with E-state index in [4.69, 9.17) is 5.41 Å². The topological polar surface area (TPSA) is 81.9 Å². The summed E-state index contributed by atoms with van der Waals surface area (Å²) in [5.74, 6) is 0.944. The Kier molecular flexibility index (Phi) is 5.72. The molecule has 1 aromatic carbocycles. The number of nitrogens with one attached hydrogen (secondary N) is 3. The molecule has 2 aliphatic rings. The van der Waals surface area contributed by atoms with Crippen LogP contribution in [-0.2, 0) is 6.54 Å². The lowest BCUT2D eigenvalue weighted by Gasteiger charge is -2.27. The van der Waals surface area contributed by atoms with E-state index in [2.05, 4.69) is 45.2 Å². The molecule has 3 heterocycles. The Morgan fingerprint density at radius 2 is 2.20 bits per heavy atom. The molecule has 30 heavy (non-hydrogen) atoms. The first-order valence-corrected chi connectivity index (χ1v) is 10.6. The summed E-state index contributed by atoms with van der Waals surface area (Å²) in [7, 11) is 4.02. The van der Waals surface area contributed by atoms with Crippen LogP contribution in [0.2, 0.25) is 0 Å². The van der Waals surface area contributed by atoms with Gasteiger partial charge in [0.05, 0.1) is 17.4 Å². The lowest BCUT2D eigenvalue weighted by atomic mass is 9.91. The summed E-state index contributed by atoms with van der Waals surface area (Å²) in [6, 6.07) is 6.93. The van der Waals surface area contributed by atoms with Gasteiger partial charge in [0.1, 0.15) is 5.82 Å². The van der Waals surface area contributed by atoms with Crippen LogP contribution in [0.5, 0.6) is 0 Å². The van der Waals surface area contributed by atoms with Gasteiger partial charge in [0.15, 0.2) is 0 Å². The van der Waals surface area contributed by atoms with Gasteiger partial charge < -0.3 is 20.9 Å². The zero-order valence-corrected chi connectivity index (χ0v) is 18.3. The quantitative estimate of drug-likeness (QED) is 0.666. The molecule has 1 aromatic heterocycles. The molecule has 2 aromatic rings. The van der Waals surface area contributed by atoms with E-state index >= 15 is 0 Å². The third-order valence-electron chi connectivity index (χ3n) is 5.81. The van der Waals surface area contributed by atoms with Crippen molar-refractivity contribution in [2.45, 2.75) is 39.3 Å². The highest BCUT2D eigenvalue weighted by molar-refractivity contribution is 5.90. The van der Waals surface area contributed by atoms with Gasteiger partial charge in [0.25, 0.3) is 0 Å². The van der Waals surface area contributed by atoms with Crippen LogP contribution in [0.25, 0.3) is 16.8 Å². The van der Waals surface area contributed by atoms with Gasteiger partial charge in [-0.2, -0.15) is 0 Å². The Hall–Kier alpha value is -2.93. The molecular formula is C23H31N7. The van der Waals surface area contributed by atoms with Crippen molar-refractivity contribution in [3.05, 3.63) is 53.0 Å². The summed E-state index contributed by atoms with van der Waals surface area (Å²) in [5.41, 5.74) is 7.76. The van der Waals surface area contributed by atoms with E-state index in [1.54, 1.807) is 6.92 Å². The monoisotopic (exact) mass is 405 g/mol. The third-order valence-corrected chi connectivity index (χ3v) is 5.81. The van der Waals surface area contributed by atoms with Gasteiger partial charge in [0, 0.05) is 38.5 Å². The van der Waals surface area contributed by atoms with Crippen molar-refractivity contribution in [3.63, 3.8) is 0 Å². The second kappa shape index (κ2) is 8.44. The highest BCUT2D eigenvalue weighted by Crippen LogP contribution is 2.37. The molecule has 0 saturated carbocycles. The Morgan fingerprint density at radius 3 is 2.90 bits per heavy atom. The lowest BCUT2D eigenvalue weighted by Crippen LogP contribution is -2.30. The van der Waals surface area contributed by atoms with Crippen molar-refractivity contribution < 1.29 is 0 Å². The van der Waals surface area contributed by atoms with Crippen LogP contribution in [0.3, 0.4) is 0 Å². The van der Waals surface area contributed by atoms with Crippen molar-refractivity contribution in [2.75, 3.05) is 27.2 Å². The Balaban J connectivity index is 1.81. The first-order chi connectivity index (χ1) is 14.4. The number of aromatic nitrogens is 3. The Bertz CT molecular complexity index is 1010. The molecule has 7 heteroatoms. The van der Waals surface area contributed by atoms with Crippen molar-refractivity contribution >= 4 is 11.3 Å². The number of allylic oxidation sites excluding steroid dienone is 1. The molecule has 2 aliphatic heterocycles. The molecule has 0 spiro atoms. The fourth-order valence-corrected chi connectivity index (χ4v) is 4.28. The zero-order valence-electron chi connectivity index (χ0n) is 18.3. The van der Waals surface area contributed by atoms with E-state index < -0.39 is 0 Å². The first-order valence-electron chi connectivity index (χ1n) is 10.6. The van der Waals surface area contributed by atoms with Gasteiger partial charge in [-0.05, 0) is 62.1 Å².